The third kappa shape index (κ3) is 6.44. The number of halogens is 1. The van der Waals surface area contributed by atoms with E-state index in [1.807, 2.05) is 36.4 Å². The minimum atomic E-state index is -3.71. The van der Waals surface area contributed by atoms with E-state index in [2.05, 4.69) is 10.3 Å². The number of pyridine rings is 1. The molecule has 3 aromatic rings. The van der Waals surface area contributed by atoms with Gasteiger partial charge < -0.3 is 5.32 Å². The topological polar surface area (TPSA) is 79.4 Å². The second-order valence-corrected chi connectivity index (χ2v) is 9.21. The van der Waals surface area contributed by atoms with Gasteiger partial charge in [0.25, 0.3) is 0 Å². The van der Waals surface area contributed by atoms with Crippen molar-refractivity contribution >= 4 is 21.6 Å². The van der Waals surface area contributed by atoms with Crippen molar-refractivity contribution in [2.75, 3.05) is 18.9 Å². The SMILES string of the molecule is CN(CCCC(=O)Nc1ccc(Cc2ccncc2)cc1)S(=O)(=O)c1ccc(F)cc1. The van der Waals surface area contributed by atoms with Crippen molar-refractivity contribution in [3.05, 3.63) is 90.0 Å². The molecule has 0 radical (unpaired) electrons. The standard InChI is InChI=1S/C23H24FN3O3S/c1-27(31(29,30)22-10-6-20(24)7-11-22)16-2-3-23(28)26-21-8-4-18(5-9-21)17-19-12-14-25-15-13-19/h4-15H,2-3,16-17H2,1H3,(H,26,28). The van der Waals surface area contributed by atoms with Gasteiger partial charge in [-0.15, -0.1) is 0 Å². The molecule has 0 aliphatic carbocycles. The molecule has 1 amide bonds. The largest absolute Gasteiger partial charge is 0.326 e. The Bertz CT molecular complexity index is 1100. The van der Waals surface area contributed by atoms with Crippen LogP contribution in [0.4, 0.5) is 10.1 Å². The molecule has 6 nitrogen and oxygen atoms in total. The zero-order chi connectivity index (χ0) is 22.3. The number of nitrogens with one attached hydrogen (secondary N) is 1. The minimum Gasteiger partial charge on any atom is -0.326 e. The summed E-state index contributed by atoms with van der Waals surface area (Å²) in [7, 11) is -2.27. The van der Waals surface area contributed by atoms with Crippen LogP contribution in [0.2, 0.25) is 0 Å². The van der Waals surface area contributed by atoms with E-state index in [1.165, 1.54) is 23.5 Å². The third-order valence-corrected chi connectivity index (χ3v) is 6.67. The fraction of sp³-hybridized carbons (Fsp3) is 0.217. The summed E-state index contributed by atoms with van der Waals surface area (Å²) in [5.41, 5.74) is 2.97. The zero-order valence-corrected chi connectivity index (χ0v) is 18.0. The van der Waals surface area contributed by atoms with Gasteiger partial charge in [-0.25, -0.2) is 17.1 Å². The van der Waals surface area contributed by atoms with Crippen LogP contribution in [0.1, 0.15) is 24.0 Å². The highest BCUT2D eigenvalue weighted by Crippen LogP contribution is 2.16. The molecule has 0 aliphatic heterocycles. The predicted octanol–water partition coefficient (Wildman–Crippen LogP) is 3.85. The maximum Gasteiger partial charge on any atom is 0.242 e. The summed E-state index contributed by atoms with van der Waals surface area (Å²) < 4.78 is 39.1. The van der Waals surface area contributed by atoms with Crippen LogP contribution in [-0.2, 0) is 21.2 Å². The first-order valence-corrected chi connectivity index (χ1v) is 11.3. The van der Waals surface area contributed by atoms with E-state index in [9.17, 15) is 17.6 Å². The lowest BCUT2D eigenvalue weighted by molar-refractivity contribution is -0.116. The average Bonchev–Trinajstić information content (AvgIpc) is 2.76. The van der Waals surface area contributed by atoms with Crippen LogP contribution < -0.4 is 5.32 Å². The first-order valence-electron chi connectivity index (χ1n) is 9.84. The number of carbonyl (C=O) groups excluding carboxylic acids is 1. The predicted molar refractivity (Wildman–Crippen MR) is 118 cm³/mol. The first-order chi connectivity index (χ1) is 14.8. The van der Waals surface area contributed by atoms with E-state index in [0.717, 1.165) is 29.7 Å². The molecule has 1 aromatic heterocycles. The number of anilines is 1. The Morgan fingerprint density at radius 3 is 2.23 bits per heavy atom. The van der Waals surface area contributed by atoms with E-state index < -0.39 is 15.8 Å². The van der Waals surface area contributed by atoms with Crippen molar-refractivity contribution in [2.45, 2.75) is 24.2 Å². The van der Waals surface area contributed by atoms with Crippen molar-refractivity contribution in [1.82, 2.24) is 9.29 Å². The highest BCUT2D eigenvalue weighted by Gasteiger charge is 2.20. The van der Waals surface area contributed by atoms with Gasteiger partial charge in [0, 0.05) is 38.1 Å². The maximum absolute atomic E-state index is 13.0. The molecule has 3 rings (SSSR count). The summed E-state index contributed by atoms with van der Waals surface area (Å²) in [6.45, 7) is 0.179. The minimum absolute atomic E-state index is 0.0210. The number of carbonyl (C=O) groups is 1. The van der Waals surface area contributed by atoms with Gasteiger partial charge in [-0.2, -0.15) is 0 Å². The highest BCUT2D eigenvalue weighted by atomic mass is 32.2. The molecule has 1 heterocycles. The molecule has 0 saturated heterocycles. The van der Waals surface area contributed by atoms with Crippen molar-refractivity contribution in [3.8, 4) is 0 Å². The molecule has 0 fully saturated rings. The van der Waals surface area contributed by atoms with Crippen LogP contribution in [0, 0.1) is 5.82 Å². The third-order valence-electron chi connectivity index (χ3n) is 4.79. The lowest BCUT2D eigenvalue weighted by Gasteiger charge is -2.17. The van der Waals surface area contributed by atoms with Crippen molar-refractivity contribution < 1.29 is 17.6 Å². The molecular formula is C23H24FN3O3S. The molecule has 1 N–H and O–H groups in total. The molecule has 162 valence electrons. The van der Waals surface area contributed by atoms with Gasteiger partial charge in [0.15, 0.2) is 0 Å². The lowest BCUT2D eigenvalue weighted by atomic mass is 10.1. The lowest BCUT2D eigenvalue weighted by Crippen LogP contribution is -2.28. The quantitative estimate of drug-likeness (QED) is 0.547. The van der Waals surface area contributed by atoms with E-state index in [-0.39, 0.29) is 23.8 Å². The second kappa shape index (κ2) is 10.3. The van der Waals surface area contributed by atoms with Gasteiger partial charge in [-0.05, 0) is 72.5 Å². The van der Waals surface area contributed by atoms with Gasteiger partial charge in [-0.1, -0.05) is 12.1 Å². The van der Waals surface area contributed by atoms with Gasteiger partial charge >= 0.3 is 0 Å². The number of aromatic nitrogens is 1. The van der Waals surface area contributed by atoms with Crippen LogP contribution in [0.25, 0.3) is 0 Å². The Labute approximate surface area is 181 Å². The van der Waals surface area contributed by atoms with Gasteiger partial charge in [-0.3, -0.25) is 9.78 Å². The Hall–Kier alpha value is -3.10. The van der Waals surface area contributed by atoms with Gasteiger partial charge in [0.05, 0.1) is 4.90 Å². The monoisotopic (exact) mass is 441 g/mol. The molecular weight excluding hydrogens is 417 g/mol. The van der Waals surface area contributed by atoms with Crippen molar-refractivity contribution in [2.24, 2.45) is 0 Å². The Kier molecular flexibility index (Phi) is 7.49. The molecule has 0 unspecified atom stereocenters. The number of nitrogens with zero attached hydrogens (tertiary/aromatic N) is 2. The fourth-order valence-corrected chi connectivity index (χ4v) is 4.24. The molecule has 0 bridgehead atoms. The van der Waals surface area contributed by atoms with Gasteiger partial charge in [0.2, 0.25) is 15.9 Å². The Balaban J connectivity index is 1.46. The molecule has 8 heteroatoms. The van der Waals surface area contributed by atoms with Crippen LogP contribution in [0.5, 0.6) is 0 Å². The number of rotatable bonds is 9. The summed E-state index contributed by atoms with van der Waals surface area (Å²) in [5.74, 6) is -0.682. The summed E-state index contributed by atoms with van der Waals surface area (Å²) in [6.07, 6.45) is 4.84. The maximum atomic E-state index is 13.0. The van der Waals surface area contributed by atoms with E-state index in [1.54, 1.807) is 12.4 Å². The van der Waals surface area contributed by atoms with Gasteiger partial charge in [0.1, 0.15) is 5.82 Å². The highest BCUT2D eigenvalue weighted by molar-refractivity contribution is 7.89. The Morgan fingerprint density at radius 2 is 1.58 bits per heavy atom. The van der Waals surface area contributed by atoms with Crippen molar-refractivity contribution in [3.63, 3.8) is 0 Å². The number of amides is 1. The molecule has 2 aromatic carbocycles. The van der Waals surface area contributed by atoms with Crippen molar-refractivity contribution in [1.29, 1.82) is 0 Å². The normalized spacial score (nSPS) is 11.5. The van der Waals surface area contributed by atoms with E-state index in [0.29, 0.717) is 12.1 Å². The first kappa shape index (κ1) is 22.6. The number of benzene rings is 2. The summed E-state index contributed by atoms with van der Waals surface area (Å²) in [4.78, 5) is 16.2. The van der Waals surface area contributed by atoms with Crippen LogP contribution >= 0.6 is 0 Å². The number of sulfonamides is 1. The summed E-state index contributed by atoms with van der Waals surface area (Å²) in [6, 6.07) is 16.2. The average molecular weight is 442 g/mol. The molecule has 0 spiro atoms. The van der Waals surface area contributed by atoms with Crippen LogP contribution in [0.15, 0.2) is 78.0 Å². The van der Waals surface area contributed by atoms with Crippen LogP contribution in [-0.4, -0.2) is 37.2 Å². The molecule has 31 heavy (non-hydrogen) atoms. The summed E-state index contributed by atoms with van der Waals surface area (Å²) >= 11 is 0. The fourth-order valence-electron chi connectivity index (χ4n) is 3.03. The van der Waals surface area contributed by atoms with E-state index >= 15 is 0 Å². The zero-order valence-electron chi connectivity index (χ0n) is 17.2. The van der Waals surface area contributed by atoms with Crippen LogP contribution in [0.3, 0.4) is 0 Å². The number of hydrogen-bond acceptors (Lipinski definition) is 4. The molecule has 0 aliphatic rings. The van der Waals surface area contributed by atoms with E-state index in [4.69, 9.17) is 0 Å². The Morgan fingerprint density at radius 1 is 0.968 bits per heavy atom. The molecule has 0 atom stereocenters. The number of hydrogen-bond donors (Lipinski definition) is 1. The summed E-state index contributed by atoms with van der Waals surface area (Å²) in [5, 5.41) is 2.82. The molecule has 0 saturated carbocycles. The second-order valence-electron chi connectivity index (χ2n) is 7.16. The smallest absolute Gasteiger partial charge is 0.242 e.